The number of anilines is 1. The van der Waals surface area contributed by atoms with E-state index in [1.165, 1.54) is 24.9 Å². The van der Waals surface area contributed by atoms with E-state index in [1.54, 1.807) is 0 Å². The van der Waals surface area contributed by atoms with Gasteiger partial charge < -0.3 is 4.90 Å². The lowest BCUT2D eigenvalue weighted by Crippen LogP contribution is -2.46. The second kappa shape index (κ2) is 6.84. The summed E-state index contributed by atoms with van der Waals surface area (Å²) in [6.07, 6.45) is 6.19. The van der Waals surface area contributed by atoms with Crippen LogP contribution in [0.4, 0.5) is 5.82 Å². The van der Waals surface area contributed by atoms with Gasteiger partial charge in [0.15, 0.2) is 5.82 Å². The standard InChI is InChI=1S/C20H25N5/c1-16-13-19-20(21-10-12-25(19)22-16)23(2)18-9-6-11-24(15-18)14-17-7-4-3-5-8-17/h3-5,7-8,10,12-13,18H,6,9,11,14-15H2,1-2H3. The summed E-state index contributed by atoms with van der Waals surface area (Å²) in [5.74, 6) is 1.02. The third-order valence-electron chi connectivity index (χ3n) is 5.10. The van der Waals surface area contributed by atoms with E-state index in [9.17, 15) is 0 Å². The molecule has 3 heterocycles. The van der Waals surface area contributed by atoms with E-state index >= 15 is 0 Å². The fourth-order valence-corrected chi connectivity index (χ4v) is 3.81. The van der Waals surface area contributed by atoms with Crippen LogP contribution in [0, 0.1) is 6.92 Å². The average molecular weight is 335 g/mol. The zero-order valence-corrected chi connectivity index (χ0v) is 15.0. The Morgan fingerprint density at radius 3 is 2.92 bits per heavy atom. The molecule has 2 aromatic heterocycles. The van der Waals surface area contributed by atoms with Gasteiger partial charge in [0.25, 0.3) is 0 Å². The maximum absolute atomic E-state index is 4.65. The van der Waals surface area contributed by atoms with E-state index < -0.39 is 0 Å². The molecule has 0 aliphatic carbocycles. The highest BCUT2D eigenvalue weighted by Crippen LogP contribution is 2.24. The highest BCUT2D eigenvalue weighted by molar-refractivity contribution is 5.69. The van der Waals surface area contributed by atoms with Crippen molar-refractivity contribution in [3.05, 3.63) is 60.0 Å². The van der Waals surface area contributed by atoms with Crippen molar-refractivity contribution >= 4 is 11.3 Å². The third-order valence-corrected chi connectivity index (χ3v) is 5.10. The van der Waals surface area contributed by atoms with Gasteiger partial charge >= 0.3 is 0 Å². The van der Waals surface area contributed by atoms with E-state index in [-0.39, 0.29) is 0 Å². The van der Waals surface area contributed by atoms with E-state index in [1.807, 2.05) is 23.8 Å². The van der Waals surface area contributed by atoms with Crippen molar-refractivity contribution in [3.8, 4) is 0 Å². The Balaban J connectivity index is 1.52. The topological polar surface area (TPSA) is 36.7 Å². The Kier molecular flexibility index (Phi) is 4.40. The first-order chi connectivity index (χ1) is 12.2. The summed E-state index contributed by atoms with van der Waals surface area (Å²) in [4.78, 5) is 9.55. The number of benzene rings is 1. The Labute approximate surface area is 148 Å². The summed E-state index contributed by atoms with van der Waals surface area (Å²) in [7, 11) is 2.17. The van der Waals surface area contributed by atoms with E-state index in [2.05, 4.69) is 63.3 Å². The molecule has 1 fully saturated rings. The first kappa shape index (κ1) is 16.1. The van der Waals surface area contributed by atoms with Crippen LogP contribution in [0.3, 0.4) is 0 Å². The Morgan fingerprint density at radius 2 is 2.08 bits per heavy atom. The number of hydrogen-bond acceptors (Lipinski definition) is 4. The van der Waals surface area contributed by atoms with Gasteiger partial charge in [-0.3, -0.25) is 4.90 Å². The molecule has 1 aliphatic heterocycles. The number of nitrogens with zero attached hydrogens (tertiary/aromatic N) is 5. The lowest BCUT2D eigenvalue weighted by atomic mass is 10.0. The van der Waals surface area contributed by atoms with Crippen LogP contribution >= 0.6 is 0 Å². The third kappa shape index (κ3) is 3.37. The molecule has 1 saturated heterocycles. The second-order valence-electron chi connectivity index (χ2n) is 6.99. The van der Waals surface area contributed by atoms with Crippen molar-refractivity contribution in [2.24, 2.45) is 0 Å². The van der Waals surface area contributed by atoms with Crippen LogP contribution in [0.5, 0.6) is 0 Å². The lowest BCUT2D eigenvalue weighted by Gasteiger charge is -2.38. The van der Waals surface area contributed by atoms with Gasteiger partial charge in [-0.2, -0.15) is 5.10 Å². The van der Waals surface area contributed by atoms with E-state index in [0.29, 0.717) is 6.04 Å². The zero-order valence-electron chi connectivity index (χ0n) is 15.0. The van der Waals surface area contributed by atoms with Crippen molar-refractivity contribution in [3.63, 3.8) is 0 Å². The van der Waals surface area contributed by atoms with Gasteiger partial charge in [-0.25, -0.2) is 9.50 Å². The minimum atomic E-state index is 0.478. The monoisotopic (exact) mass is 335 g/mol. The molecule has 0 amide bonds. The smallest absolute Gasteiger partial charge is 0.154 e. The minimum absolute atomic E-state index is 0.478. The molecule has 0 spiro atoms. The number of aryl methyl sites for hydroxylation is 1. The van der Waals surface area contributed by atoms with Gasteiger partial charge in [0.1, 0.15) is 5.52 Å². The maximum Gasteiger partial charge on any atom is 0.154 e. The summed E-state index contributed by atoms with van der Waals surface area (Å²) < 4.78 is 1.93. The number of likely N-dealkylation sites (N-methyl/N-ethyl adjacent to an activating group) is 1. The van der Waals surface area contributed by atoms with Crippen molar-refractivity contribution in [1.82, 2.24) is 19.5 Å². The fraction of sp³-hybridized carbons (Fsp3) is 0.400. The second-order valence-corrected chi connectivity index (χ2v) is 6.99. The van der Waals surface area contributed by atoms with Crippen LogP contribution < -0.4 is 4.90 Å². The van der Waals surface area contributed by atoms with Gasteiger partial charge in [0.05, 0.1) is 5.69 Å². The van der Waals surface area contributed by atoms with Crippen LogP contribution in [0.25, 0.3) is 5.52 Å². The lowest BCUT2D eigenvalue weighted by molar-refractivity contribution is 0.198. The number of rotatable bonds is 4. The van der Waals surface area contributed by atoms with Crippen LogP contribution in [-0.4, -0.2) is 45.7 Å². The molecule has 3 aromatic rings. The molecule has 0 N–H and O–H groups in total. The quantitative estimate of drug-likeness (QED) is 0.734. The number of hydrogen-bond donors (Lipinski definition) is 0. The van der Waals surface area contributed by atoms with Crippen molar-refractivity contribution in [1.29, 1.82) is 0 Å². The van der Waals surface area contributed by atoms with Crippen LogP contribution in [-0.2, 0) is 6.54 Å². The molecule has 5 heteroatoms. The SMILES string of the molecule is Cc1cc2c(N(C)C3CCCN(Cc4ccccc4)C3)nccn2n1. The molecule has 0 bridgehead atoms. The molecule has 0 saturated carbocycles. The Hall–Kier alpha value is -2.40. The van der Waals surface area contributed by atoms with Gasteiger partial charge in [0.2, 0.25) is 0 Å². The molecule has 5 nitrogen and oxygen atoms in total. The summed E-state index contributed by atoms with van der Waals surface area (Å²) in [5, 5.41) is 4.51. The molecule has 1 aromatic carbocycles. The number of piperidine rings is 1. The zero-order chi connectivity index (χ0) is 17.2. The first-order valence-corrected chi connectivity index (χ1v) is 9.01. The molecular weight excluding hydrogens is 310 g/mol. The maximum atomic E-state index is 4.65. The van der Waals surface area contributed by atoms with Crippen LogP contribution in [0.2, 0.25) is 0 Å². The normalized spacial score (nSPS) is 18.6. The molecule has 0 radical (unpaired) electrons. The Bertz CT molecular complexity index is 842. The van der Waals surface area contributed by atoms with Gasteiger partial charge in [0, 0.05) is 38.6 Å². The number of fused-ring (bicyclic) bond motifs is 1. The number of likely N-dealkylation sites (tertiary alicyclic amines) is 1. The fourth-order valence-electron chi connectivity index (χ4n) is 3.81. The molecule has 4 rings (SSSR count). The largest absolute Gasteiger partial charge is 0.354 e. The van der Waals surface area contributed by atoms with E-state index in [0.717, 1.165) is 30.1 Å². The summed E-state index contributed by atoms with van der Waals surface area (Å²) in [6, 6.07) is 13.3. The highest BCUT2D eigenvalue weighted by Gasteiger charge is 2.25. The average Bonchev–Trinajstić information content (AvgIpc) is 3.02. The van der Waals surface area contributed by atoms with Crippen molar-refractivity contribution in [2.75, 3.05) is 25.0 Å². The molecule has 1 unspecified atom stereocenters. The number of aromatic nitrogens is 3. The molecule has 130 valence electrons. The van der Waals surface area contributed by atoms with Crippen LogP contribution in [0.15, 0.2) is 48.8 Å². The van der Waals surface area contributed by atoms with Crippen molar-refractivity contribution < 1.29 is 0 Å². The molecule has 1 aliphatic rings. The summed E-state index contributed by atoms with van der Waals surface area (Å²) in [5.41, 5.74) is 3.50. The molecule has 25 heavy (non-hydrogen) atoms. The van der Waals surface area contributed by atoms with Crippen molar-refractivity contribution in [2.45, 2.75) is 32.4 Å². The predicted octanol–water partition coefficient (Wildman–Crippen LogP) is 3.14. The van der Waals surface area contributed by atoms with Gasteiger partial charge in [-0.15, -0.1) is 0 Å². The minimum Gasteiger partial charge on any atom is -0.354 e. The Morgan fingerprint density at radius 1 is 1.24 bits per heavy atom. The first-order valence-electron chi connectivity index (χ1n) is 9.01. The summed E-state index contributed by atoms with van der Waals surface area (Å²) >= 11 is 0. The van der Waals surface area contributed by atoms with Gasteiger partial charge in [-0.05, 0) is 37.9 Å². The molecular formula is C20H25N5. The van der Waals surface area contributed by atoms with Gasteiger partial charge in [-0.1, -0.05) is 30.3 Å². The predicted molar refractivity (Wildman–Crippen MR) is 101 cm³/mol. The van der Waals surface area contributed by atoms with E-state index in [4.69, 9.17) is 0 Å². The summed E-state index contributed by atoms with van der Waals surface area (Å²) in [6.45, 7) is 5.29. The van der Waals surface area contributed by atoms with Crippen LogP contribution in [0.1, 0.15) is 24.1 Å². The molecule has 1 atom stereocenters. The highest BCUT2D eigenvalue weighted by atomic mass is 15.3.